The van der Waals surface area contributed by atoms with Gasteiger partial charge in [0.1, 0.15) is 5.76 Å². The molecule has 0 bridgehead atoms. The Labute approximate surface area is 151 Å². The monoisotopic (exact) mass is 348 g/mol. The predicted molar refractivity (Wildman–Crippen MR) is 101 cm³/mol. The molecule has 0 unspecified atom stereocenters. The van der Waals surface area contributed by atoms with Crippen molar-refractivity contribution in [3.05, 3.63) is 24.2 Å². The molecule has 25 heavy (non-hydrogen) atoms. The van der Waals surface area contributed by atoms with Crippen LogP contribution in [0.4, 0.5) is 0 Å². The van der Waals surface area contributed by atoms with Crippen LogP contribution in [-0.4, -0.2) is 49.5 Å². The molecule has 0 aromatic carbocycles. The lowest BCUT2D eigenvalue weighted by Crippen LogP contribution is -2.40. The number of nitrogens with one attached hydrogen (secondary N) is 2. The first-order valence-corrected chi connectivity index (χ1v) is 9.62. The summed E-state index contributed by atoms with van der Waals surface area (Å²) in [6.45, 7) is 6.28. The highest BCUT2D eigenvalue weighted by atomic mass is 16.3. The molecule has 1 aromatic rings. The minimum absolute atomic E-state index is 0.314. The van der Waals surface area contributed by atoms with Crippen LogP contribution in [0.2, 0.25) is 0 Å². The highest BCUT2D eigenvalue weighted by Crippen LogP contribution is 2.11. The molecule has 1 saturated heterocycles. The average molecular weight is 348 g/mol. The molecule has 0 spiro atoms. The van der Waals surface area contributed by atoms with Crippen molar-refractivity contribution < 1.29 is 9.21 Å². The van der Waals surface area contributed by atoms with E-state index in [1.165, 1.54) is 6.42 Å². The zero-order chi connectivity index (χ0) is 17.7. The molecule has 0 aliphatic carbocycles. The van der Waals surface area contributed by atoms with E-state index >= 15 is 0 Å². The summed E-state index contributed by atoms with van der Waals surface area (Å²) in [5.74, 6) is 2.13. The number of likely N-dealkylation sites (tertiary alicyclic amines) is 1. The highest BCUT2D eigenvalue weighted by molar-refractivity contribution is 5.79. The van der Waals surface area contributed by atoms with E-state index in [-0.39, 0.29) is 0 Å². The molecule has 0 radical (unpaired) electrons. The second kappa shape index (κ2) is 11.6. The van der Waals surface area contributed by atoms with Gasteiger partial charge in [-0.25, -0.2) is 0 Å². The van der Waals surface area contributed by atoms with E-state index in [0.29, 0.717) is 12.3 Å². The van der Waals surface area contributed by atoms with Gasteiger partial charge in [-0.05, 0) is 37.8 Å². The molecule has 2 rings (SSSR count). The van der Waals surface area contributed by atoms with Crippen LogP contribution in [-0.2, 0) is 11.2 Å². The number of hydrogen-bond acceptors (Lipinski definition) is 3. The van der Waals surface area contributed by atoms with Gasteiger partial charge >= 0.3 is 0 Å². The first-order chi connectivity index (χ1) is 12.3. The first-order valence-electron chi connectivity index (χ1n) is 9.62. The van der Waals surface area contributed by atoms with E-state index in [2.05, 4.69) is 22.5 Å². The molecule has 1 amide bonds. The van der Waals surface area contributed by atoms with Crippen LogP contribution >= 0.6 is 0 Å². The zero-order valence-electron chi connectivity index (χ0n) is 15.4. The molecule has 0 saturated carbocycles. The summed E-state index contributed by atoms with van der Waals surface area (Å²) in [4.78, 5) is 18.6. The first kappa shape index (κ1) is 19.3. The molecule has 1 aliphatic heterocycles. The Morgan fingerprint density at radius 2 is 2.16 bits per heavy atom. The SMILES string of the molecule is CCCN=C(NCCCN1CCCCCC1=O)NCCc1ccco1. The van der Waals surface area contributed by atoms with E-state index in [4.69, 9.17) is 4.42 Å². The van der Waals surface area contributed by atoms with Crippen molar-refractivity contribution in [2.45, 2.75) is 51.9 Å². The maximum Gasteiger partial charge on any atom is 0.222 e. The van der Waals surface area contributed by atoms with Gasteiger partial charge in [0, 0.05) is 45.6 Å². The Bertz CT molecular complexity index is 514. The second-order valence-corrected chi connectivity index (χ2v) is 6.46. The lowest BCUT2D eigenvalue weighted by Gasteiger charge is -2.20. The van der Waals surface area contributed by atoms with Gasteiger partial charge in [-0.3, -0.25) is 9.79 Å². The summed E-state index contributed by atoms with van der Waals surface area (Å²) >= 11 is 0. The largest absolute Gasteiger partial charge is 0.469 e. The molecular weight excluding hydrogens is 316 g/mol. The number of hydrogen-bond donors (Lipinski definition) is 2. The Balaban J connectivity index is 1.67. The minimum Gasteiger partial charge on any atom is -0.469 e. The lowest BCUT2D eigenvalue weighted by atomic mass is 10.2. The van der Waals surface area contributed by atoms with E-state index in [0.717, 1.165) is 76.5 Å². The molecule has 140 valence electrons. The number of furan rings is 1. The van der Waals surface area contributed by atoms with E-state index in [1.54, 1.807) is 6.26 Å². The Morgan fingerprint density at radius 1 is 1.28 bits per heavy atom. The number of carbonyl (C=O) groups is 1. The fourth-order valence-electron chi connectivity index (χ4n) is 2.91. The molecule has 1 aromatic heterocycles. The third kappa shape index (κ3) is 7.63. The van der Waals surface area contributed by atoms with Crippen LogP contribution < -0.4 is 10.6 Å². The molecule has 2 heterocycles. The van der Waals surface area contributed by atoms with Crippen molar-refractivity contribution in [3.8, 4) is 0 Å². The Kier molecular flexibility index (Phi) is 8.94. The summed E-state index contributed by atoms with van der Waals surface area (Å²) in [6.07, 6.45) is 8.56. The number of guanidine groups is 1. The highest BCUT2D eigenvalue weighted by Gasteiger charge is 2.15. The van der Waals surface area contributed by atoms with Gasteiger partial charge in [-0.2, -0.15) is 0 Å². The van der Waals surface area contributed by atoms with Crippen LogP contribution in [0, 0.1) is 0 Å². The van der Waals surface area contributed by atoms with Crippen LogP contribution in [0.25, 0.3) is 0 Å². The van der Waals surface area contributed by atoms with Gasteiger partial charge in [0.05, 0.1) is 6.26 Å². The Morgan fingerprint density at radius 3 is 2.96 bits per heavy atom. The maximum atomic E-state index is 12.0. The number of amides is 1. The van der Waals surface area contributed by atoms with Crippen LogP contribution in [0.3, 0.4) is 0 Å². The summed E-state index contributed by atoms with van der Waals surface area (Å²) in [6, 6.07) is 3.89. The third-order valence-electron chi connectivity index (χ3n) is 4.31. The van der Waals surface area contributed by atoms with Gasteiger partial charge in [0.25, 0.3) is 0 Å². The lowest BCUT2D eigenvalue weighted by molar-refractivity contribution is -0.130. The smallest absolute Gasteiger partial charge is 0.222 e. The topological polar surface area (TPSA) is 69.9 Å². The molecule has 0 atom stereocenters. The van der Waals surface area contributed by atoms with Gasteiger partial charge < -0.3 is 20.0 Å². The van der Waals surface area contributed by atoms with Crippen molar-refractivity contribution in [2.24, 2.45) is 4.99 Å². The van der Waals surface area contributed by atoms with E-state index in [9.17, 15) is 4.79 Å². The molecule has 6 nitrogen and oxygen atoms in total. The normalized spacial score (nSPS) is 16.0. The van der Waals surface area contributed by atoms with Crippen LogP contribution in [0.15, 0.2) is 27.8 Å². The minimum atomic E-state index is 0.314. The fraction of sp³-hybridized carbons (Fsp3) is 0.684. The standard InChI is InChI=1S/C19H32N4O2/c1-2-11-20-19(22-13-10-17-8-6-16-25-17)21-12-7-15-23-14-5-3-4-9-18(23)24/h6,8,16H,2-5,7,9-15H2,1H3,(H2,20,21,22). The number of rotatable bonds is 9. The maximum absolute atomic E-state index is 12.0. The summed E-state index contributed by atoms with van der Waals surface area (Å²) < 4.78 is 5.34. The summed E-state index contributed by atoms with van der Waals surface area (Å²) in [5, 5.41) is 6.72. The predicted octanol–water partition coefficient (Wildman–Crippen LogP) is 2.56. The molecule has 2 N–H and O–H groups in total. The van der Waals surface area contributed by atoms with Crippen LogP contribution in [0.5, 0.6) is 0 Å². The number of aliphatic imine (C=N–C) groups is 1. The van der Waals surface area contributed by atoms with Crippen LogP contribution in [0.1, 0.15) is 51.2 Å². The van der Waals surface area contributed by atoms with Crippen molar-refractivity contribution in [1.29, 1.82) is 0 Å². The molecule has 6 heteroatoms. The third-order valence-corrected chi connectivity index (χ3v) is 4.31. The van der Waals surface area contributed by atoms with Gasteiger partial charge in [0.15, 0.2) is 5.96 Å². The van der Waals surface area contributed by atoms with Crippen molar-refractivity contribution >= 4 is 11.9 Å². The van der Waals surface area contributed by atoms with E-state index < -0.39 is 0 Å². The summed E-state index contributed by atoms with van der Waals surface area (Å²) in [7, 11) is 0. The summed E-state index contributed by atoms with van der Waals surface area (Å²) in [5.41, 5.74) is 0. The molecule has 1 fully saturated rings. The van der Waals surface area contributed by atoms with Gasteiger partial charge in [0.2, 0.25) is 5.91 Å². The zero-order valence-corrected chi connectivity index (χ0v) is 15.4. The number of nitrogens with zero attached hydrogens (tertiary/aromatic N) is 2. The molecular formula is C19H32N4O2. The second-order valence-electron chi connectivity index (χ2n) is 6.46. The Hall–Kier alpha value is -1.98. The van der Waals surface area contributed by atoms with Gasteiger partial charge in [-0.1, -0.05) is 13.3 Å². The molecule has 1 aliphatic rings. The fourth-order valence-corrected chi connectivity index (χ4v) is 2.91. The van der Waals surface area contributed by atoms with Crippen molar-refractivity contribution in [3.63, 3.8) is 0 Å². The van der Waals surface area contributed by atoms with Crippen molar-refractivity contribution in [2.75, 3.05) is 32.7 Å². The van der Waals surface area contributed by atoms with Gasteiger partial charge in [-0.15, -0.1) is 0 Å². The quantitative estimate of drug-likeness (QED) is 0.409. The van der Waals surface area contributed by atoms with Crippen molar-refractivity contribution in [1.82, 2.24) is 15.5 Å². The number of carbonyl (C=O) groups excluding carboxylic acids is 1. The van der Waals surface area contributed by atoms with E-state index in [1.807, 2.05) is 17.0 Å². The average Bonchev–Trinajstić information content (AvgIpc) is 3.05.